The second-order valence-electron chi connectivity index (χ2n) is 5.91. The molecule has 1 saturated carbocycles. The number of aryl methyl sites for hydroxylation is 1. The van der Waals surface area contributed by atoms with Crippen LogP contribution in [0.3, 0.4) is 0 Å². The van der Waals surface area contributed by atoms with Crippen molar-refractivity contribution in [2.45, 2.75) is 42.8 Å². The van der Waals surface area contributed by atoms with Crippen LogP contribution in [0.5, 0.6) is 0 Å². The van der Waals surface area contributed by atoms with Crippen molar-refractivity contribution >= 4 is 39.8 Å². The molecule has 3 aromatic rings. The van der Waals surface area contributed by atoms with Crippen molar-refractivity contribution in [2.75, 3.05) is 4.90 Å². The lowest BCUT2D eigenvalue weighted by Gasteiger charge is -2.15. The third-order valence-corrected chi connectivity index (χ3v) is 6.01. The van der Waals surface area contributed by atoms with E-state index in [1.54, 1.807) is 23.6 Å². The summed E-state index contributed by atoms with van der Waals surface area (Å²) in [5, 5.41) is 9.12. The van der Waals surface area contributed by atoms with Gasteiger partial charge in [-0.3, -0.25) is 9.69 Å². The Morgan fingerprint density at radius 1 is 1.46 bits per heavy atom. The summed E-state index contributed by atoms with van der Waals surface area (Å²) in [6, 6.07) is 4.39. The number of aromatic nitrogens is 4. The summed E-state index contributed by atoms with van der Waals surface area (Å²) >= 11 is 3.09. The molecule has 1 aliphatic rings. The van der Waals surface area contributed by atoms with Crippen LogP contribution in [0.4, 0.5) is 5.13 Å². The number of anilines is 1. The van der Waals surface area contributed by atoms with Gasteiger partial charge < -0.3 is 4.40 Å². The van der Waals surface area contributed by atoms with Gasteiger partial charge in [0.2, 0.25) is 11.0 Å². The molecule has 124 valence electrons. The molecule has 0 saturated heterocycles. The van der Waals surface area contributed by atoms with Gasteiger partial charge in [0.05, 0.1) is 5.69 Å². The Balaban J connectivity index is 1.47. The van der Waals surface area contributed by atoms with Gasteiger partial charge >= 0.3 is 0 Å². The van der Waals surface area contributed by atoms with Crippen LogP contribution < -0.4 is 4.90 Å². The molecule has 24 heavy (non-hydrogen) atoms. The number of thioether (sulfide) groups is 1. The van der Waals surface area contributed by atoms with Gasteiger partial charge in [-0.1, -0.05) is 29.2 Å². The number of carbonyl (C=O) groups excluding carboxylic acids is 1. The van der Waals surface area contributed by atoms with Gasteiger partial charge in [0, 0.05) is 31.1 Å². The number of amides is 1. The van der Waals surface area contributed by atoms with Crippen molar-refractivity contribution < 1.29 is 4.79 Å². The SMILES string of the molecule is CC(=O)N(c1nnc(SCc2cn3cccc(C)c3n2)s1)C1CC1. The average molecular weight is 359 g/mol. The highest BCUT2D eigenvalue weighted by atomic mass is 32.2. The van der Waals surface area contributed by atoms with Crippen LogP contribution in [-0.2, 0) is 10.5 Å². The lowest BCUT2D eigenvalue weighted by atomic mass is 10.3. The minimum absolute atomic E-state index is 0.0426. The standard InChI is InChI=1S/C16H17N5OS2/c1-10-4-3-7-20-8-12(17-14(10)20)9-23-16-19-18-15(24-16)21(11(2)22)13-5-6-13/h3-4,7-8,13H,5-6,9H2,1-2H3. The van der Waals surface area contributed by atoms with Gasteiger partial charge in [0.15, 0.2) is 4.34 Å². The van der Waals surface area contributed by atoms with Crippen LogP contribution in [-0.4, -0.2) is 31.5 Å². The first-order chi connectivity index (χ1) is 11.6. The van der Waals surface area contributed by atoms with E-state index in [1.807, 2.05) is 22.9 Å². The van der Waals surface area contributed by atoms with Gasteiger partial charge in [0.25, 0.3) is 0 Å². The number of pyridine rings is 1. The molecule has 1 fully saturated rings. The van der Waals surface area contributed by atoms with Gasteiger partial charge in [-0.2, -0.15) is 0 Å². The van der Waals surface area contributed by atoms with E-state index < -0.39 is 0 Å². The van der Waals surface area contributed by atoms with Crippen LogP contribution in [0, 0.1) is 6.92 Å². The van der Waals surface area contributed by atoms with E-state index in [9.17, 15) is 4.79 Å². The highest BCUT2D eigenvalue weighted by Crippen LogP contribution is 2.36. The Bertz CT molecular complexity index is 899. The molecule has 3 aromatic heterocycles. The summed E-state index contributed by atoms with van der Waals surface area (Å²) in [6.45, 7) is 3.65. The molecule has 0 spiro atoms. The Labute approximate surface area is 147 Å². The fourth-order valence-electron chi connectivity index (χ4n) is 2.65. The van der Waals surface area contributed by atoms with Crippen molar-refractivity contribution in [1.29, 1.82) is 0 Å². The maximum absolute atomic E-state index is 11.8. The van der Waals surface area contributed by atoms with Crippen LogP contribution >= 0.6 is 23.1 Å². The summed E-state index contributed by atoms with van der Waals surface area (Å²) in [7, 11) is 0. The second kappa shape index (κ2) is 6.18. The summed E-state index contributed by atoms with van der Waals surface area (Å²) in [5.74, 6) is 0.778. The molecule has 4 rings (SSSR count). The maximum atomic E-state index is 11.8. The molecule has 0 aliphatic heterocycles. The molecular weight excluding hydrogens is 342 g/mol. The number of imidazole rings is 1. The predicted molar refractivity (Wildman–Crippen MR) is 95.6 cm³/mol. The molecule has 1 aliphatic carbocycles. The Kier molecular flexibility index (Phi) is 4.01. The topological polar surface area (TPSA) is 63.4 Å². The van der Waals surface area contributed by atoms with Crippen LogP contribution in [0.1, 0.15) is 31.0 Å². The van der Waals surface area contributed by atoms with E-state index >= 15 is 0 Å². The molecule has 3 heterocycles. The second-order valence-corrected chi connectivity index (χ2v) is 8.09. The highest BCUT2D eigenvalue weighted by Gasteiger charge is 2.34. The first kappa shape index (κ1) is 15.6. The van der Waals surface area contributed by atoms with Crippen molar-refractivity contribution in [3.05, 3.63) is 35.8 Å². The van der Waals surface area contributed by atoms with Gasteiger partial charge in [-0.05, 0) is 31.4 Å². The monoisotopic (exact) mass is 359 g/mol. The van der Waals surface area contributed by atoms with E-state index in [4.69, 9.17) is 0 Å². The molecule has 0 unspecified atom stereocenters. The van der Waals surface area contributed by atoms with Gasteiger partial charge in [-0.15, -0.1) is 10.2 Å². The quantitative estimate of drug-likeness (QED) is 0.517. The number of rotatable bonds is 5. The van der Waals surface area contributed by atoms with Gasteiger partial charge in [-0.25, -0.2) is 4.98 Å². The third-order valence-electron chi connectivity index (χ3n) is 3.92. The largest absolute Gasteiger partial charge is 0.307 e. The smallest absolute Gasteiger partial charge is 0.225 e. The molecule has 0 atom stereocenters. The molecule has 0 aromatic carbocycles. The Morgan fingerprint density at radius 2 is 2.29 bits per heavy atom. The molecule has 8 heteroatoms. The van der Waals surface area contributed by atoms with E-state index in [0.717, 1.165) is 39.8 Å². The number of hydrogen-bond acceptors (Lipinski definition) is 6. The van der Waals surface area contributed by atoms with Crippen molar-refractivity contribution in [1.82, 2.24) is 19.6 Å². The minimum atomic E-state index is 0.0426. The number of fused-ring (bicyclic) bond motifs is 1. The molecule has 0 N–H and O–H groups in total. The average Bonchev–Trinajstić information content (AvgIpc) is 3.09. The molecule has 6 nitrogen and oxygen atoms in total. The Hall–Kier alpha value is -1.93. The van der Waals surface area contributed by atoms with Gasteiger partial charge in [0.1, 0.15) is 5.65 Å². The first-order valence-corrected chi connectivity index (χ1v) is 9.61. The van der Waals surface area contributed by atoms with Crippen LogP contribution in [0.15, 0.2) is 28.9 Å². The summed E-state index contributed by atoms with van der Waals surface area (Å²) in [4.78, 5) is 18.2. The summed E-state index contributed by atoms with van der Waals surface area (Å²) in [6.07, 6.45) is 6.17. The summed E-state index contributed by atoms with van der Waals surface area (Å²) < 4.78 is 2.91. The zero-order valence-electron chi connectivity index (χ0n) is 13.5. The van der Waals surface area contributed by atoms with E-state index in [2.05, 4.69) is 28.2 Å². The summed E-state index contributed by atoms with van der Waals surface area (Å²) in [5.41, 5.74) is 3.16. The lowest BCUT2D eigenvalue weighted by molar-refractivity contribution is -0.116. The zero-order chi connectivity index (χ0) is 16.7. The van der Waals surface area contributed by atoms with Crippen molar-refractivity contribution in [3.8, 4) is 0 Å². The van der Waals surface area contributed by atoms with E-state index in [-0.39, 0.29) is 5.91 Å². The molecular formula is C16H17N5OS2. The fourth-order valence-corrected chi connectivity index (χ4v) is 4.49. The Morgan fingerprint density at radius 3 is 3.00 bits per heavy atom. The third kappa shape index (κ3) is 3.03. The number of carbonyl (C=O) groups is 1. The molecule has 1 amide bonds. The van der Waals surface area contributed by atoms with E-state index in [0.29, 0.717) is 11.2 Å². The van der Waals surface area contributed by atoms with Crippen molar-refractivity contribution in [2.24, 2.45) is 0 Å². The highest BCUT2D eigenvalue weighted by molar-refractivity contribution is 8.00. The maximum Gasteiger partial charge on any atom is 0.225 e. The van der Waals surface area contributed by atoms with Crippen LogP contribution in [0.2, 0.25) is 0 Å². The fraction of sp³-hybridized carbons (Fsp3) is 0.375. The predicted octanol–water partition coefficient (Wildman–Crippen LogP) is 3.30. The molecule has 0 bridgehead atoms. The number of hydrogen-bond donors (Lipinski definition) is 0. The minimum Gasteiger partial charge on any atom is -0.307 e. The zero-order valence-corrected chi connectivity index (χ0v) is 15.1. The molecule has 0 radical (unpaired) electrons. The first-order valence-electron chi connectivity index (χ1n) is 7.81. The van der Waals surface area contributed by atoms with Crippen molar-refractivity contribution in [3.63, 3.8) is 0 Å². The van der Waals surface area contributed by atoms with Crippen LogP contribution in [0.25, 0.3) is 5.65 Å². The lowest BCUT2D eigenvalue weighted by Crippen LogP contribution is -2.30. The van der Waals surface area contributed by atoms with E-state index in [1.165, 1.54) is 11.3 Å². The number of nitrogens with zero attached hydrogens (tertiary/aromatic N) is 5. The normalized spacial score (nSPS) is 14.2.